The van der Waals surface area contributed by atoms with E-state index >= 15 is 0 Å². The first-order valence-corrected chi connectivity index (χ1v) is 5.32. The van der Waals surface area contributed by atoms with E-state index in [-0.39, 0.29) is 19.6 Å². The number of Topliss-reactive ketones (excluding diaryl/α,β-unsaturated/α-hetero) is 1. The molecule has 0 aromatic rings. The maximum absolute atomic E-state index is 11.7. The third-order valence-electron chi connectivity index (χ3n) is 2.40. The molecule has 0 N–H and O–H groups in total. The first-order valence-electron chi connectivity index (χ1n) is 5.32. The van der Waals surface area contributed by atoms with Gasteiger partial charge in [-0.2, -0.15) is 0 Å². The van der Waals surface area contributed by atoms with Crippen LogP contribution in [0.25, 0.3) is 0 Å². The predicted molar refractivity (Wildman–Crippen MR) is 56.7 cm³/mol. The molecule has 0 aliphatic heterocycles. The molecule has 5 heteroatoms. The van der Waals surface area contributed by atoms with Crippen LogP contribution in [-0.2, 0) is 23.9 Å². The van der Waals surface area contributed by atoms with Crippen LogP contribution < -0.4 is 0 Å². The monoisotopic (exact) mass is 230 g/mol. The van der Waals surface area contributed by atoms with Crippen molar-refractivity contribution in [1.82, 2.24) is 0 Å². The quantitative estimate of drug-likeness (QED) is 0.388. The van der Waals surface area contributed by atoms with Crippen molar-refractivity contribution in [2.24, 2.45) is 5.41 Å². The smallest absolute Gasteiger partial charge is 0.375 e. The number of carbonyl (C=O) groups is 3. The van der Waals surface area contributed by atoms with E-state index in [0.29, 0.717) is 0 Å². The van der Waals surface area contributed by atoms with Crippen LogP contribution in [0.4, 0.5) is 0 Å². The maximum Gasteiger partial charge on any atom is 0.375 e. The molecule has 0 aliphatic rings. The molecule has 0 aliphatic carbocycles. The summed E-state index contributed by atoms with van der Waals surface area (Å²) in [6.45, 7) is 6.55. The summed E-state index contributed by atoms with van der Waals surface area (Å²) < 4.78 is 9.36. The molecule has 0 saturated heterocycles. The molecule has 0 fully saturated rings. The van der Waals surface area contributed by atoms with Crippen molar-refractivity contribution in [2.45, 2.75) is 34.1 Å². The lowest BCUT2D eigenvalue weighted by atomic mass is 9.83. The van der Waals surface area contributed by atoms with Crippen LogP contribution in [0.3, 0.4) is 0 Å². The lowest BCUT2D eigenvalue weighted by Crippen LogP contribution is -2.42. The summed E-state index contributed by atoms with van der Waals surface area (Å²) in [4.78, 5) is 34.6. The molecule has 0 aromatic heterocycles. The third-order valence-corrected chi connectivity index (χ3v) is 2.40. The van der Waals surface area contributed by atoms with Crippen molar-refractivity contribution < 1.29 is 23.9 Å². The zero-order chi connectivity index (χ0) is 12.8. The SMILES string of the molecule is CCOC(=O)C(=O)[C@](C)(CC)C(=O)OCC. The highest BCUT2D eigenvalue weighted by Crippen LogP contribution is 2.25. The fourth-order valence-electron chi connectivity index (χ4n) is 1.11. The first-order chi connectivity index (χ1) is 7.43. The van der Waals surface area contributed by atoms with E-state index in [1.54, 1.807) is 20.8 Å². The Morgan fingerprint density at radius 2 is 1.50 bits per heavy atom. The average Bonchev–Trinajstić information content (AvgIpc) is 2.27. The molecule has 16 heavy (non-hydrogen) atoms. The van der Waals surface area contributed by atoms with Crippen molar-refractivity contribution in [3.8, 4) is 0 Å². The normalized spacial score (nSPS) is 13.8. The summed E-state index contributed by atoms with van der Waals surface area (Å²) in [6.07, 6.45) is 0.198. The molecule has 0 amide bonds. The van der Waals surface area contributed by atoms with Gasteiger partial charge in [0.25, 0.3) is 5.78 Å². The van der Waals surface area contributed by atoms with Crippen LogP contribution in [0, 0.1) is 5.41 Å². The summed E-state index contributed by atoms with van der Waals surface area (Å²) in [5.74, 6) is -2.52. The van der Waals surface area contributed by atoms with Gasteiger partial charge in [-0.3, -0.25) is 9.59 Å². The molecular formula is C11H18O5. The lowest BCUT2D eigenvalue weighted by Gasteiger charge is -2.22. The number of hydrogen-bond acceptors (Lipinski definition) is 5. The Morgan fingerprint density at radius 3 is 1.88 bits per heavy atom. The fourth-order valence-corrected chi connectivity index (χ4v) is 1.11. The predicted octanol–water partition coefficient (Wildman–Crippen LogP) is 1.10. The summed E-state index contributed by atoms with van der Waals surface area (Å²) in [5, 5.41) is 0. The highest BCUT2D eigenvalue weighted by Gasteiger charge is 2.45. The van der Waals surface area contributed by atoms with E-state index in [2.05, 4.69) is 4.74 Å². The number of rotatable bonds is 6. The molecule has 0 bridgehead atoms. The number of esters is 2. The highest BCUT2D eigenvalue weighted by atomic mass is 16.5. The Kier molecular flexibility index (Phi) is 5.71. The van der Waals surface area contributed by atoms with Gasteiger partial charge in [0, 0.05) is 0 Å². The zero-order valence-corrected chi connectivity index (χ0v) is 10.2. The van der Waals surface area contributed by atoms with Gasteiger partial charge in [0.1, 0.15) is 5.41 Å². The van der Waals surface area contributed by atoms with Gasteiger partial charge in [-0.1, -0.05) is 6.92 Å². The van der Waals surface area contributed by atoms with Gasteiger partial charge < -0.3 is 9.47 Å². The van der Waals surface area contributed by atoms with E-state index in [4.69, 9.17) is 4.74 Å². The standard InChI is InChI=1S/C11H18O5/c1-5-11(4,10(14)16-7-3)8(12)9(13)15-6-2/h5-7H2,1-4H3/t11-/m0/s1. The number of ketones is 1. The molecule has 0 aromatic carbocycles. The molecule has 0 radical (unpaired) electrons. The van der Waals surface area contributed by atoms with Crippen LogP contribution >= 0.6 is 0 Å². The van der Waals surface area contributed by atoms with Gasteiger partial charge in [0.2, 0.25) is 0 Å². The molecule has 0 unspecified atom stereocenters. The van der Waals surface area contributed by atoms with Crippen LogP contribution in [0.5, 0.6) is 0 Å². The van der Waals surface area contributed by atoms with Crippen molar-refractivity contribution in [1.29, 1.82) is 0 Å². The Morgan fingerprint density at radius 1 is 1.00 bits per heavy atom. The van der Waals surface area contributed by atoms with Gasteiger partial charge in [0.15, 0.2) is 0 Å². The lowest BCUT2D eigenvalue weighted by molar-refractivity contribution is -0.168. The minimum Gasteiger partial charge on any atom is -0.465 e. The molecule has 0 spiro atoms. The largest absolute Gasteiger partial charge is 0.465 e. The summed E-state index contributed by atoms with van der Waals surface area (Å²) in [5.41, 5.74) is -1.44. The zero-order valence-electron chi connectivity index (χ0n) is 10.2. The van der Waals surface area contributed by atoms with Crippen LogP contribution in [0.15, 0.2) is 0 Å². The fraction of sp³-hybridized carbons (Fsp3) is 0.727. The molecule has 0 rings (SSSR count). The molecule has 5 nitrogen and oxygen atoms in total. The molecule has 0 saturated carbocycles. The van der Waals surface area contributed by atoms with E-state index in [9.17, 15) is 14.4 Å². The van der Waals surface area contributed by atoms with E-state index in [0.717, 1.165) is 0 Å². The Balaban J connectivity index is 4.88. The second-order valence-corrected chi connectivity index (χ2v) is 3.46. The van der Waals surface area contributed by atoms with Gasteiger partial charge in [-0.05, 0) is 27.2 Å². The Labute approximate surface area is 95.1 Å². The van der Waals surface area contributed by atoms with Crippen LogP contribution in [0.1, 0.15) is 34.1 Å². The Bertz CT molecular complexity index is 284. The average molecular weight is 230 g/mol. The van der Waals surface area contributed by atoms with Gasteiger partial charge in [-0.25, -0.2) is 4.79 Å². The highest BCUT2D eigenvalue weighted by molar-refractivity contribution is 6.39. The summed E-state index contributed by atoms with van der Waals surface area (Å²) >= 11 is 0. The van der Waals surface area contributed by atoms with Gasteiger partial charge >= 0.3 is 11.9 Å². The molecular weight excluding hydrogens is 212 g/mol. The van der Waals surface area contributed by atoms with Crippen LogP contribution in [0.2, 0.25) is 0 Å². The number of hydrogen-bond donors (Lipinski definition) is 0. The minimum absolute atomic E-state index is 0.104. The maximum atomic E-state index is 11.7. The van der Waals surface area contributed by atoms with Gasteiger partial charge in [0.05, 0.1) is 13.2 Å². The topological polar surface area (TPSA) is 69.7 Å². The van der Waals surface area contributed by atoms with Crippen molar-refractivity contribution >= 4 is 17.7 Å². The van der Waals surface area contributed by atoms with Crippen LogP contribution in [-0.4, -0.2) is 30.9 Å². The summed E-state index contributed by atoms with van der Waals surface area (Å²) in [6, 6.07) is 0. The molecule has 92 valence electrons. The van der Waals surface area contributed by atoms with E-state index in [1.165, 1.54) is 6.92 Å². The molecule has 0 heterocycles. The second kappa shape index (κ2) is 6.25. The van der Waals surface area contributed by atoms with E-state index < -0.39 is 23.1 Å². The number of ether oxygens (including phenoxy) is 2. The second-order valence-electron chi connectivity index (χ2n) is 3.46. The first kappa shape index (κ1) is 14.6. The molecule has 1 atom stereocenters. The van der Waals surface area contributed by atoms with Crippen molar-refractivity contribution in [2.75, 3.05) is 13.2 Å². The van der Waals surface area contributed by atoms with Crippen molar-refractivity contribution in [3.05, 3.63) is 0 Å². The number of carbonyl (C=O) groups excluding carboxylic acids is 3. The summed E-state index contributed by atoms with van der Waals surface area (Å²) in [7, 11) is 0. The van der Waals surface area contributed by atoms with Crippen molar-refractivity contribution in [3.63, 3.8) is 0 Å². The van der Waals surface area contributed by atoms with Gasteiger partial charge in [-0.15, -0.1) is 0 Å². The van der Waals surface area contributed by atoms with E-state index in [1.807, 2.05) is 0 Å². The Hall–Kier alpha value is -1.39. The third kappa shape index (κ3) is 3.05. The minimum atomic E-state index is -1.44.